The van der Waals surface area contributed by atoms with E-state index in [0.717, 1.165) is 0 Å². The maximum Gasteiger partial charge on any atom is 0.350 e. The van der Waals surface area contributed by atoms with Gasteiger partial charge in [-0.25, -0.2) is 9.48 Å². The van der Waals surface area contributed by atoms with Crippen LogP contribution in [0.25, 0.3) is 5.65 Å². The van der Waals surface area contributed by atoms with Crippen LogP contribution in [0.3, 0.4) is 0 Å². The van der Waals surface area contributed by atoms with Crippen molar-refractivity contribution in [1.82, 2.24) is 19.1 Å². The number of amides is 1. The van der Waals surface area contributed by atoms with E-state index in [-0.39, 0.29) is 30.8 Å². The average Bonchev–Trinajstić information content (AvgIpc) is 2.76. The third kappa shape index (κ3) is 3.30. The summed E-state index contributed by atoms with van der Waals surface area (Å²) in [5.74, 6) is -0.177. The highest BCUT2D eigenvalue weighted by Crippen LogP contribution is 2.02. The molecule has 0 aliphatic heterocycles. The summed E-state index contributed by atoms with van der Waals surface area (Å²) in [6.45, 7) is 4.22. The number of hydrogen-bond acceptors (Lipinski definition) is 4. The molecule has 2 rings (SSSR count). The van der Waals surface area contributed by atoms with Gasteiger partial charge in [-0.2, -0.15) is 0 Å². The van der Waals surface area contributed by atoms with Crippen LogP contribution < -0.4 is 5.69 Å². The largest absolute Gasteiger partial charge is 0.396 e. The van der Waals surface area contributed by atoms with Crippen LogP contribution in [0.1, 0.15) is 20.3 Å². The number of pyridine rings is 1. The van der Waals surface area contributed by atoms with Crippen molar-refractivity contribution in [2.24, 2.45) is 0 Å². The Labute approximate surface area is 122 Å². The molecule has 1 amide bonds. The molecule has 0 fully saturated rings. The first kappa shape index (κ1) is 15.2. The minimum absolute atomic E-state index is 0.0109. The highest BCUT2D eigenvalue weighted by Gasteiger charge is 2.19. The van der Waals surface area contributed by atoms with Crippen LogP contribution in [0.15, 0.2) is 29.2 Å². The van der Waals surface area contributed by atoms with Gasteiger partial charge >= 0.3 is 5.69 Å². The molecule has 0 saturated carbocycles. The molecular formula is C14H20N4O3. The lowest BCUT2D eigenvalue weighted by Crippen LogP contribution is -2.41. The summed E-state index contributed by atoms with van der Waals surface area (Å²) >= 11 is 0. The summed E-state index contributed by atoms with van der Waals surface area (Å²) in [4.78, 5) is 26.1. The molecule has 2 heterocycles. The van der Waals surface area contributed by atoms with E-state index in [1.54, 1.807) is 29.3 Å². The lowest BCUT2D eigenvalue weighted by atomic mass is 10.3. The second-order valence-electron chi connectivity index (χ2n) is 5.13. The molecule has 0 aliphatic carbocycles. The summed E-state index contributed by atoms with van der Waals surface area (Å²) in [5, 5.41) is 13.0. The van der Waals surface area contributed by atoms with Crippen molar-refractivity contribution < 1.29 is 9.90 Å². The lowest BCUT2D eigenvalue weighted by Gasteiger charge is -2.26. The zero-order valence-corrected chi connectivity index (χ0v) is 12.3. The molecular weight excluding hydrogens is 272 g/mol. The molecule has 0 unspecified atom stereocenters. The summed E-state index contributed by atoms with van der Waals surface area (Å²) in [5.41, 5.74) is 0.187. The normalized spacial score (nSPS) is 11.2. The van der Waals surface area contributed by atoms with E-state index in [4.69, 9.17) is 5.11 Å². The molecule has 0 bridgehead atoms. The molecule has 0 radical (unpaired) electrons. The minimum Gasteiger partial charge on any atom is -0.396 e. The fourth-order valence-electron chi connectivity index (χ4n) is 2.20. The van der Waals surface area contributed by atoms with E-state index in [9.17, 15) is 9.59 Å². The van der Waals surface area contributed by atoms with Crippen molar-refractivity contribution in [2.45, 2.75) is 32.9 Å². The van der Waals surface area contributed by atoms with Gasteiger partial charge in [-0.1, -0.05) is 6.07 Å². The van der Waals surface area contributed by atoms with Crippen molar-refractivity contribution in [2.75, 3.05) is 13.2 Å². The number of hydrogen-bond donors (Lipinski definition) is 1. The Hall–Kier alpha value is -2.15. The number of fused-ring (bicyclic) bond motifs is 1. The number of aliphatic hydroxyl groups is 1. The van der Waals surface area contributed by atoms with Gasteiger partial charge in [0.2, 0.25) is 5.91 Å². The first-order valence-electron chi connectivity index (χ1n) is 6.99. The first-order valence-corrected chi connectivity index (χ1v) is 6.99. The average molecular weight is 292 g/mol. The van der Waals surface area contributed by atoms with E-state index in [1.807, 2.05) is 13.8 Å². The highest BCUT2D eigenvalue weighted by atomic mass is 16.3. The standard InChI is InChI=1S/C14H20N4O3/c1-11(2)16(8-5-9-19)13(20)10-18-14(21)17-7-4-3-6-12(17)15-18/h3-4,6-7,11,19H,5,8-10H2,1-2H3. The van der Waals surface area contributed by atoms with Crippen molar-refractivity contribution in [3.63, 3.8) is 0 Å². The van der Waals surface area contributed by atoms with Gasteiger partial charge in [0, 0.05) is 25.4 Å². The van der Waals surface area contributed by atoms with Gasteiger partial charge < -0.3 is 10.0 Å². The van der Waals surface area contributed by atoms with E-state index in [0.29, 0.717) is 18.6 Å². The van der Waals surface area contributed by atoms with Crippen LogP contribution in [0.5, 0.6) is 0 Å². The van der Waals surface area contributed by atoms with Crippen LogP contribution in [-0.2, 0) is 11.3 Å². The van der Waals surface area contributed by atoms with Crippen LogP contribution in [0.2, 0.25) is 0 Å². The van der Waals surface area contributed by atoms with Crippen LogP contribution >= 0.6 is 0 Å². The van der Waals surface area contributed by atoms with Crippen molar-refractivity contribution in [3.8, 4) is 0 Å². The second-order valence-corrected chi connectivity index (χ2v) is 5.13. The van der Waals surface area contributed by atoms with Gasteiger partial charge in [-0.05, 0) is 32.4 Å². The summed E-state index contributed by atoms with van der Waals surface area (Å²) in [6.07, 6.45) is 2.14. The van der Waals surface area contributed by atoms with Crippen LogP contribution in [0.4, 0.5) is 0 Å². The zero-order valence-electron chi connectivity index (χ0n) is 12.3. The molecule has 2 aromatic heterocycles. The molecule has 21 heavy (non-hydrogen) atoms. The second kappa shape index (κ2) is 6.53. The predicted molar refractivity (Wildman–Crippen MR) is 78.0 cm³/mol. The van der Waals surface area contributed by atoms with Gasteiger partial charge in [0.25, 0.3) is 0 Å². The quantitative estimate of drug-likeness (QED) is 0.820. The third-order valence-corrected chi connectivity index (χ3v) is 3.27. The molecule has 7 nitrogen and oxygen atoms in total. The Morgan fingerprint density at radius 3 is 2.81 bits per heavy atom. The van der Waals surface area contributed by atoms with Crippen molar-refractivity contribution in [1.29, 1.82) is 0 Å². The lowest BCUT2D eigenvalue weighted by molar-refractivity contribution is -0.133. The predicted octanol–water partition coefficient (Wildman–Crippen LogP) is 0.115. The number of nitrogens with zero attached hydrogens (tertiary/aromatic N) is 4. The molecule has 0 aromatic carbocycles. The summed E-state index contributed by atoms with van der Waals surface area (Å²) in [6, 6.07) is 5.25. The van der Waals surface area contributed by atoms with Gasteiger partial charge in [0.15, 0.2) is 5.65 Å². The Kier molecular flexibility index (Phi) is 4.74. The Morgan fingerprint density at radius 1 is 1.43 bits per heavy atom. The molecule has 0 aliphatic rings. The molecule has 1 N–H and O–H groups in total. The zero-order chi connectivity index (χ0) is 15.4. The number of carbonyl (C=O) groups is 1. The Morgan fingerprint density at radius 2 is 2.19 bits per heavy atom. The van der Waals surface area contributed by atoms with Gasteiger partial charge in [0.05, 0.1) is 0 Å². The minimum atomic E-state index is -0.329. The summed E-state index contributed by atoms with van der Waals surface area (Å²) in [7, 11) is 0. The van der Waals surface area contributed by atoms with E-state index in [2.05, 4.69) is 5.10 Å². The SMILES string of the molecule is CC(C)N(CCCO)C(=O)Cn1nc2ccccn2c1=O. The van der Waals surface area contributed by atoms with Crippen LogP contribution in [-0.4, -0.2) is 49.3 Å². The van der Waals surface area contributed by atoms with E-state index < -0.39 is 0 Å². The van der Waals surface area contributed by atoms with Gasteiger partial charge in [0.1, 0.15) is 6.54 Å². The third-order valence-electron chi connectivity index (χ3n) is 3.27. The first-order chi connectivity index (χ1) is 10.0. The summed E-state index contributed by atoms with van der Waals surface area (Å²) < 4.78 is 2.58. The monoisotopic (exact) mass is 292 g/mol. The topological polar surface area (TPSA) is 79.8 Å². The molecule has 7 heteroatoms. The number of aliphatic hydroxyl groups excluding tert-OH is 1. The molecule has 0 spiro atoms. The molecule has 114 valence electrons. The maximum atomic E-state index is 12.3. The van der Waals surface area contributed by atoms with Gasteiger partial charge in [-0.3, -0.25) is 9.20 Å². The van der Waals surface area contributed by atoms with Crippen molar-refractivity contribution >= 4 is 11.6 Å². The highest BCUT2D eigenvalue weighted by molar-refractivity contribution is 5.76. The number of rotatable bonds is 6. The molecule has 2 aromatic rings. The Bertz CT molecular complexity index is 674. The smallest absolute Gasteiger partial charge is 0.350 e. The number of aromatic nitrogens is 3. The van der Waals surface area contributed by atoms with Gasteiger partial charge in [-0.15, -0.1) is 5.10 Å². The van der Waals surface area contributed by atoms with Crippen LogP contribution in [0, 0.1) is 0 Å². The van der Waals surface area contributed by atoms with Crippen molar-refractivity contribution in [3.05, 3.63) is 34.9 Å². The van der Waals surface area contributed by atoms with E-state index >= 15 is 0 Å². The maximum absolute atomic E-state index is 12.3. The number of carbonyl (C=O) groups excluding carboxylic acids is 1. The molecule has 0 saturated heterocycles. The van der Waals surface area contributed by atoms with E-state index in [1.165, 1.54) is 9.08 Å². The Balaban J connectivity index is 2.20. The fraction of sp³-hybridized carbons (Fsp3) is 0.500. The fourth-order valence-corrected chi connectivity index (χ4v) is 2.20. The molecule has 0 atom stereocenters.